The number of hydrazone groups is 1. The highest BCUT2D eigenvalue weighted by molar-refractivity contribution is 7.99. The predicted molar refractivity (Wildman–Crippen MR) is 105 cm³/mol. The van der Waals surface area contributed by atoms with Gasteiger partial charge < -0.3 is 9.30 Å². The van der Waals surface area contributed by atoms with E-state index in [4.69, 9.17) is 4.74 Å². The fraction of sp³-hybridized carbons (Fsp3) is 0.211. The average Bonchev–Trinajstić information content (AvgIpc) is 2.98. The Labute approximate surface area is 156 Å². The van der Waals surface area contributed by atoms with E-state index in [0.29, 0.717) is 6.61 Å². The summed E-state index contributed by atoms with van der Waals surface area (Å²) in [6, 6.07) is 15.4. The quantitative estimate of drug-likeness (QED) is 0.395. The molecular weight excluding hydrogens is 348 g/mol. The van der Waals surface area contributed by atoms with Crippen LogP contribution in [-0.2, 0) is 11.8 Å². The second kappa shape index (κ2) is 8.53. The Morgan fingerprint density at radius 1 is 1.27 bits per heavy atom. The number of benzene rings is 2. The molecule has 1 amide bonds. The summed E-state index contributed by atoms with van der Waals surface area (Å²) in [5.41, 5.74) is 5.32. The van der Waals surface area contributed by atoms with Gasteiger partial charge in [0, 0.05) is 12.6 Å². The molecule has 7 heteroatoms. The summed E-state index contributed by atoms with van der Waals surface area (Å²) in [6.07, 6.45) is 1.59. The Kier molecular flexibility index (Phi) is 5.91. The molecule has 3 aromatic rings. The van der Waals surface area contributed by atoms with E-state index in [0.717, 1.165) is 27.5 Å². The first-order chi connectivity index (χ1) is 12.7. The van der Waals surface area contributed by atoms with E-state index < -0.39 is 0 Å². The molecule has 6 nitrogen and oxygen atoms in total. The van der Waals surface area contributed by atoms with Crippen LogP contribution in [0.4, 0.5) is 0 Å². The smallest absolute Gasteiger partial charge is 0.250 e. The van der Waals surface area contributed by atoms with Crippen molar-refractivity contribution in [2.24, 2.45) is 12.1 Å². The number of aryl methyl sites for hydroxylation is 1. The van der Waals surface area contributed by atoms with Crippen LogP contribution >= 0.6 is 11.8 Å². The van der Waals surface area contributed by atoms with Crippen LogP contribution in [-0.4, -0.2) is 34.0 Å². The van der Waals surface area contributed by atoms with Crippen molar-refractivity contribution in [3.05, 3.63) is 54.1 Å². The summed E-state index contributed by atoms with van der Waals surface area (Å²) < 4.78 is 7.50. The van der Waals surface area contributed by atoms with Crippen molar-refractivity contribution >= 4 is 34.9 Å². The fourth-order valence-electron chi connectivity index (χ4n) is 2.46. The van der Waals surface area contributed by atoms with Crippen LogP contribution in [0.5, 0.6) is 5.75 Å². The molecule has 1 aromatic heterocycles. The number of ether oxygens (including phenoxy) is 1. The van der Waals surface area contributed by atoms with Gasteiger partial charge in [-0.1, -0.05) is 36.0 Å². The van der Waals surface area contributed by atoms with Crippen LogP contribution in [0.1, 0.15) is 12.5 Å². The van der Waals surface area contributed by atoms with Gasteiger partial charge in [0.2, 0.25) is 0 Å². The van der Waals surface area contributed by atoms with Gasteiger partial charge in [-0.25, -0.2) is 10.4 Å². The lowest BCUT2D eigenvalue weighted by Crippen LogP contribution is -2.20. The minimum absolute atomic E-state index is 0.188. The number of thioether (sulfide) groups is 1. The number of amides is 1. The highest BCUT2D eigenvalue weighted by Gasteiger charge is 2.09. The number of carbonyl (C=O) groups excluding carboxylic acids is 1. The molecule has 2 aromatic carbocycles. The normalized spacial score (nSPS) is 11.2. The number of fused-ring (bicyclic) bond motifs is 1. The van der Waals surface area contributed by atoms with Crippen LogP contribution in [0.2, 0.25) is 0 Å². The average molecular weight is 368 g/mol. The molecule has 26 heavy (non-hydrogen) atoms. The first-order valence-corrected chi connectivity index (χ1v) is 9.25. The van der Waals surface area contributed by atoms with Crippen molar-refractivity contribution in [2.45, 2.75) is 12.1 Å². The molecule has 0 spiro atoms. The lowest BCUT2D eigenvalue weighted by Gasteiger charge is -2.05. The fourth-order valence-corrected chi connectivity index (χ4v) is 3.24. The summed E-state index contributed by atoms with van der Waals surface area (Å²) in [7, 11) is 1.94. The highest BCUT2D eigenvalue weighted by Crippen LogP contribution is 2.22. The predicted octanol–water partition coefficient (Wildman–Crippen LogP) is 3.21. The van der Waals surface area contributed by atoms with E-state index in [2.05, 4.69) is 15.5 Å². The number of para-hydroxylation sites is 3. The van der Waals surface area contributed by atoms with E-state index >= 15 is 0 Å². The number of nitrogens with zero attached hydrogens (tertiary/aromatic N) is 3. The van der Waals surface area contributed by atoms with E-state index in [1.807, 2.05) is 67.1 Å². The third kappa shape index (κ3) is 4.23. The third-order valence-electron chi connectivity index (χ3n) is 3.69. The van der Waals surface area contributed by atoms with Gasteiger partial charge in [0.1, 0.15) is 5.75 Å². The van der Waals surface area contributed by atoms with Crippen molar-refractivity contribution in [3.8, 4) is 5.75 Å². The van der Waals surface area contributed by atoms with Crippen molar-refractivity contribution in [1.82, 2.24) is 15.0 Å². The van der Waals surface area contributed by atoms with Crippen LogP contribution < -0.4 is 10.2 Å². The lowest BCUT2D eigenvalue weighted by atomic mass is 10.2. The van der Waals surface area contributed by atoms with Crippen LogP contribution in [0, 0.1) is 0 Å². The van der Waals surface area contributed by atoms with Gasteiger partial charge in [-0.15, -0.1) is 0 Å². The van der Waals surface area contributed by atoms with E-state index in [1.165, 1.54) is 11.8 Å². The molecule has 0 saturated heterocycles. The summed E-state index contributed by atoms with van der Waals surface area (Å²) in [5, 5.41) is 4.81. The van der Waals surface area contributed by atoms with E-state index in [9.17, 15) is 4.79 Å². The van der Waals surface area contributed by atoms with Gasteiger partial charge in [0.05, 0.1) is 29.6 Å². The molecule has 0 fully saturated rings. The molecule has 0 aliphatic rings. The maximum absolute atomic E-state index is 12.0. The van der Waals surface area contributed by atoms with Gasteiger partial charge in [-0.2, -0.15) is 5.10 Å². The summed E-state index contributed by atoms with van der Waals surface area (Å²) in [6.45, 7) is 2.50. The van der Waals surface area contributed by atoms with Gasteiger partial charge in [0.25, 0.3) is 5.91 Å². The van der Waals surface area contributed by atoms with Crippen molar-refractivity contribution in [1.29, 1.82) is 0 Å². The number of imidazole rings is 1. The number of hydrogen-bond donors (Lipinski definition) is 1. The Morgan fingerprint density at radius 2 is 2.04 bits per heavy atom. The minimum atomic E-state index is -0.188. The molecule has 0 saturated carbocycles. The summed E-state index contributed by atoms with van der Waals surface area (Å²) in [4.78, 5) is 16.6. The molecule has 0 radical (unpaired) electrons. The van der Waals surface area contributed by atoms with Gasteiger partial charge in [-0.05, 0) is 31.2 Å². The highest BCUT2D eigenvalue weighted by atomic mass is 32.2. The van der Waals surface area contributed by atoms with E-state index in [1.54, 1.807) is 6.21 Å². The zero-order chi connectivity index (χ0) is 18.4. The van der Waals surface area contributed by atoms with Crippen LogP contribution in [0.15, 0.2) is 58.8 Å². The van der Waals surface area contributed by atoms with Gasteiger partial charge in [0.15, 0.2) is 5.16 Å². The third-order valence-corrected chi connectivity index (χ3v) is 4.72. The van der Waals surface area contributed by atoms with Crippen molar-refractivity contribution in [3.63, 3.8) is 0 Å². The van der Waals surface area contributed by atoms with E-state index in [-0.39, 0.29) is 11.7 Å². The monoisotopic (exact) mass is 368 g/mol. The molecule has 134 valence electrons. The van der Waals surface area contributed by atoms with Crippen molar-refractivity contribution in [2.75, 3.05) is 12.4 Å². The number of aromatic nitrogens is 2. The second-order valence-corrected chi connectivity index (χ2v) is 6.44. The Bertz CT molecular complexity index is 936. The molecule has 3 rings (SSSR count). The largest absolute Gasteiger partial charge is 0.493 e. The molecule has 0 unspecified atom stereocenters. The summed E-state index contributed by atoms with van der Waals surface area (Å²) in [5.74, 6) is 0.788. The van der Waals surface area contributed by atoms with Gasteiger partial charge in [-0.3, -0.25) is 4.79 Å². The zero-order valence-electron chi connectivity index (χ0n) is 14.7. The molecule has 1 N–H and O–H groups in total. The molecule has 0 aliphatic heterocycles. The number of nitrogens with one attached hydrogen (secondary N) is 1. The van der Waals surface area contributed by atoms with Gasteiger partial charge >= 0.3 is 0 Å². The van der Waals surface area contributed by atoms with Crippen LogP contribution in [0.3, 0.4) is 0 Å². The number of hydrogen-bond acceptors (Lipinski definition) is 5. The molecule has 0 atom stereocenters. The topological polar surface area (TPSA) is 68.5 Å². The van der Waals surface area contributed by atoms with Crippen LogP contribution in [0.25, 0.3) is 11.0 Å². The summed E-state index contributed by atoms with van der Waals surface area (Å²) >= 11 is 1.38. The lowest BCUT2D eigenvalue weighted by molar-refractivity contribution is -0.118. The SMILES string of the molecule is CCOc1ccccc1/C=N/NC(=O)CSc1nc2ccccc2n1C. The Balaban J connectivity index is 1.57. The molecule has 1 heterocycles. The maximum atomic E-state index is 12.0. The second-order valence-electron chi connectivity index (χ2n) is 5.49. The molecule has 0 aliphatic carbocycles. The number of rotatable bonds is 7. The molecule has 0 bridgehead atoms. The maximum Gasteiger partial charge on any atom is 0.250 e. The minimum Gasteiger partial charge on any atom is -0.493 e. The van der Waals surface area contributed by atoms with Crippen molar-refractivity contribution < 1.29 is 9.53 Å². The Hall–Kier alpha value is -2.80. The first kappa shape index (κ1) is 18.0. The molecular formula is C19H20N4O2S. The standard InChI is InChI=1S/C19H20N4O2S/c1-3-25-17-11-7-4-8-14(17)12-20-22-18(24)13-26-19-21-15-9-5-6-10-16(15)23(19)2/h4-12H,3,13H2,1-2H3,(H,22,24)/b20-12+. The Morgan fingerprint density at radius 3 is 2.85 bits per heavy atom. The zero-order valence-corrected chi connectivity index (χ0v) is 15.5. The number of carbonyl (C=O) groups is 1. The first-order valence-electron chi connectivity index (χ1n) is 8.27.